The largest absolute Gasteiger partial charge is 0.491 e. The van der Waals surface area contributed by atoms with Crippen LogP contribution in [0, 0.1) is 0 Å². The second-order valence-corrected chi connectivity index (χ2v) is 6.77. The molecule has 0 bridgehead atoms. The fourth-order valence-corrected chi connectivity index (χ4v) is 2.09. The molecule has 0 radical (unpaired) electrons. The van der Waals surface area contributed by atoms with Gasteiger partial charge in [0.05, 0.1) is 10.2 Å². The Morgan fingerprint density at radius 1 is 1.29 bits per heavy atom. The first-order valence-electron chi connectivity index (χ1n) is 5.25. The van der Waals surface area contributed by atoms with Crippen molar-refractivity contribution in [2.45, 2.75) is 0 Å². The van der Waals surface area contributed by atoms with Crippen LogP contribution in [0.25, 0.3) is 0 Å². The van der Waals surface area contributed by atoms with E-state index in [-0.39, 0.29) is 5.75 Å². The van der Waals surface area contributed by atoms with Crippen molar-refractivity contribution < 1.29 is 13.2 Å². The zero-order valence-corrected chi connectivity index (χ0v) is 12.1. The molecule has 1 N–H and O–H groups in total. The lowest BCUT2D eigenvalue weighted by Gasteiger charge is -2.08. The van der Waals surface area contributed by atoms with E-state index >= 15 is 0 Å². The third kappa shape index (κ3) is 6.65. The van der Waals surface area contributed by atoms with Crippen molar-refractivity contribution in [1.29, 1.82) is 0 Å². The van der Waals surface area contributed by atoms with Crippen molar-refractivity contribution >= 4 is 25.8 Å². The molecule has 0 heterocycles. The summed E-state index contributed by atoms with van der Waals surface area (Å²) in [7, 11) is -2.88. The summed E-state index contributed by atoms with van der Waals surface area (Å²) >= 11 is 3.38. The Labute approximate surface area is 110 Å². The number of halogens is 1. The fourth-order valence-electron chi connectivity index (χ4n) is 1.18. The Hall–Kier alpha value is -0.590. The van der Waals surface area contributed by atoms with Gasteiger partial charge in [-0.1, -0.05) is 12.1 Å². The van der Waals surface area contributed by atoms with Gasteiger partial charge in [-0.3, -0.25) is 0 Å². The second-order valence-electron chi connectivity index (χ2n) is 3.66. The van der Waals surface area contributed by atoms with E-state index in [0.29, 0.717) is 19.7 Å². The summed E-state index contributed by atoms with van der Waals surface area (Å²) in [6, 6.07) is 7.60. The van der Waals surface area contributed by atoms with Crippen molar-refractivity contribution in [2.75, 3.05) is 31.7 Å². The van der Waals surface area contributed by atoms with E-state index in [9.17, 15) is 8.42 Å². The highest BCUT2D eigenvalue weighted by Crippen LogP contribution is 2.23. The van der Waals surface area contributed by atoms with E-state index in [4.69, 9.17) is 4.74 Å². The number of para-hydroxylation sites is 1. The Morgan fingerprint density at radius 3 is 2.65 bits per heavy atom. The molecule has 0 saturated heterocycles. The smallest absolute Gasteiger partial charge is 0.148 e. The SMILES string of the molecule is CS(=O)(=O)CCNCCOc1ccccc1Br. The quantitative estimate of drug-likeness (QED) is 0.772. The van der Waals surface area contributed by atoms with Crippen molar-refractivity contribution in [2.24, 2.45) is 0 Å². The molecule has 0 fully saturated rings. The lowest BCUT2D eigenvalue weighted by atomic mass is 10.3. The number of rotatable bonds is 7. The molecular formula is C11H16BrNO3S. The Bertz CT molecular complexity index is 448. The molecule has 0 aromatic heterocycles. The monoisotopic (exact) mass is 321 g/mol. The lowest BCUT2D eigenvalue weighted by Crippen LogP contribution is -2.26. The van der Waals surface area contributed by atoms with Crippen molar-refractivity contribution in [3.8, 4) is 5.75 Å². The maximum absolute atomic E-state index is 10.9. The molecule has 0 amide bonds. The van der Waals surface area contributed by atoms with Crippen LogP contribution in [0.3, 0.4) is 0 Å². The van der Waals surface area contributed by atoms with Gasteiger partial charge in [0.1, 0.15) is 22.2 Å². The molecule has 17 heavy (non-hydrogen) atoms. The molecule has 0 aliphatic heterocycles. The normalized spacial score (nSPS) is 11.4. The summed E-state index contributed by atoms with van der Waals surface area (Å²) in [5.41, 5.74) is 0. The zero-order chi connectivity index (χ0) is 12.7. The molecule has 96 valence electrons. The summed E-state index contributed by atoms with van der Waals surface area (Å²) in [5, 5.41) is 3.01. The first-order chi connectivity index (χ1) is 7.99. The predicted octanol–water partition coefficient (Wildman–Crippen LogP) is 1.46. The minimum atomic E-state index is -2.88. The van der Waals surface area contributed by atoms with Gasteiger partial charge in [-0.15, -0.1) is 0 Å². The molecule has 0 aliphatic rings. The van der Waals surface area contributed by atoms with Crippen molar-refractivity contribution in [3.05, 3.63) is 28.7 Å². The minimum absolute atomic E-state index is 0.155. The predicted molar refractivity (Wildman–Crippen MR) is 72.2 cm³/mol. The molecule has 0 atom stereocenters. The van der Waals surface area contributed by atoms with Gasteiger partial charge in [0, 0.05) is 19.3 Å². The summed E-state index contributed by atoms with van der Waals surface area (Å²) in [6.45, 7) is 1.58. The minimum Gasteiger partial charge on any atom is -0.491 e. The van der Waals surface area contributed by atoms with Gasteiger partial charge in [-0.25, -0.2) is 8.42 Å². The number of nitrogens with one attached hydrogen (secondary N) is 1. The van der Waals surface area contributed by atoms with Crippen LogP contribution in [0.15, 0.2) is 28.7 Å². The van der Waals surface area contributed by atoms with Crippen LogP contribution in [0.2, 0.25) is 0 Å². The van der Waals surface area contributed by atoms with Crippen LogP contribution in [0.4, 0.5) is 0 Å². The van der Waals surface area contributed by atoms with Gasteiger partial charge in [-0.2, -0.15) is 0 Å². The first kappa shape index (κ1) is 14.5. The van der Waals surface area contributed by atoms with E-state index < -0.39 is 9.84 Å². The summed E-state index contributed by atoms with van der Waals surface area (Å²) in [5.74, 6) is 0.944. The van der Waals surface area contributed by atoms with E-state index in [1.807, 2.05) is 24.3 Å². The van der Waals surface area contributed by atoms with Gasteiger partial charge >= 0.3 is 0 Å². The Morgan fingerprint density at radius 2 is 2.00 bits per heavy atom. The number of sulfone groups is 1. The van der Waals surface area contributed by atoms with E-state index in [1.54, 1.807) is 0 Å². The molecule has 0 spiro atoms. The molecule has 1 aromatic carbocycles. The van der Waals surface area contributed by atoms with Gasteiger partial charge < -0.3 is 10.1 Å². The summed E-state index contributed by atoms with van der Waals surface area (Å²) < 4.78 is 28.1. The molecule has 1 aromatic rings. The van der Waals surface area contributed by atoms with Gasteiger partial charge in [0.2, 0.25) is 0 Å². The maximum atomic E-state index is 10.9. The average molecular weight is 322 g/mol. The highest BCUT2D eigenvalue weighted by molar-refractivity contribution is 9.10. The average Bonchev–Trinajstić information content (AvgIpc) is 2.24. The molecule has 0 aliphatic carbocycles. The molecular weight excluding hydrogens is 306 g/mol. The van der Waals surface area contributed by atoms with Crippen molar-refractivity contribution in [3.63, 3.8) is 0 Å². The number of hydrogen-bond donors (Lipinski definition) is 1. The van der Waals surface area contributed by atoms with Gasteiger partial charge in [0.25, 0.3) is 0 Å². The zero-order valence-electron chi connectivity index (χ0n) is 9.65. The van der Waals surface area contributed by atoms with Crippen LogP contribution in [-0.2, 0) is 9.84 Å². The second kappa shape index (κ2) is 6.98. The highest BCUT2D eigenvalue weighted by Gasteiger charge is 2.01. The van der Waals surface area contributed by atoms with Crippen molar-refractivity contribution in [1.82, 2.24) is 5.32 Å². The van der Waals surface area contributed by atoms with Crippen LogP contribution < -0.4 is 10.1 Å². The Kier molecular flexibility index (Phi) is 5.94. The standard InChI is InChI=1S/C11H16BrNO3S/c1-17(14,15)9-7-13-6-8-16-11-5-3-2-4-10(11)12/h2-5,13H,6-9H2,1H3. The third-order valence-corrected chi connectivity index (χ3v) is 3.62. The van der Waals surface area contributed by atoms with E-state index in [0.717, 1.165) is 10.2 Å². The van der Waals surface area contributed by atoms with Crippen LogP contribution in [-0.4, -0.2) is 40.1 Å². The molecule has 6 heteroatoms. The molecule has 0 saturated carbocycles. The fraction of sp³-hybridized carbons (Fsp3) is 0.455. The number of hydrogen-bond acceptors (Lipinski definition) is 4. The van der Waals surface area contributed by atoms with Gasteiger partial charge in [0.15, 0.2) is 0 Å². The first-order valence-corrected chi connectivity index (χ1v) is 8.10. The molecule has 1 rings (SSSR count). The highest BCUT2D eigenvalue weighted by atomic mass is 79.9. The third-order valence-electron chi connectivity index (χ3n) is 2.02. The Balaban J connectivity index is 2.15. The van der Waals surface area contributed by atoms with Crippen LogP contribution >= 0.6 is 15.9 Å². The molecule has 4 nitrogen and oxygen atoms in total. The maximum Gasteiger partial charge on any atom is 0.148 e. The van der Waals surface area contributed by atoms with E-state index in [2.05, 4.69) is 21.2 Å². The van der Waals surface area contributed by atoms with E-state index in [1.165, 1.54) is 6.26 Å². The van der Waals surface area contributed by atoms with Crippen LogP contribution in [0.1, 0.15) is 0 Å². The summed E-state index contributed by atoms with van der Waals surface area (Å²) in [6.07, 6.45) is 1.23. The topological polar surface area (TPSA) is 55.4 Å². The summed E-state index contributed by atoms with van der Waals surface area (Å²) in [4.78, 5) is 0. The lowest BCUT2D eigenvalue weighted by molar-refractivity contribution is 0.313. The number of ether oxygens (including phenoxy) is 1. The number of benzene rings is 1. The molecule has 0 unspecified atom stereocenters. The van der Waals surface area contributed by atoms with Gasteiger partial charge in [-0.05, 0) is 28.1 Å². The van der Waals surface area contributed by atoms with Crippen LogP contribution in [0.5, 0.6) is 5.75 Å².